The minimum Gasteiger partial charge on any atom is -0.394 e. The van der Waals surface area contributed by atoms with Crippen LogP contribution in [0.15, 0.2) is 70.6 Å². The molecule has 0 bridgehead atoms. The van der Waals surface area contributed by atoms with E-state index in [2.05, 4.69) is 31.3 Å². The summed E-state index contributed by atoms with van der Waals surface area (Å²) in [6, 6.07) is 18.3. The van der Waals surface area contributed by atoms with Gasteiger partial charge >= 0.3 is 0 Å². The highest BCUT2D eigenvalue weighted by Gasteiger charge is 2.47. The van der Waals surface area contributed by atoms with Crippen molar-refractivity contribution in [2.45, 2.75) is 105 Å². The van der Waals surface area contributed by atoms with E-state index in [4.69, 9.17) is 18.9 Å². The predicted octanol–water partition coefficient (Wildman–Crippen LogP) is -5.48. The Morgan fingerprint density at radius 3 is 1.38 bits per heavy atom. The molecule has 0 amide bonds. The van der Waals surface area contributed by atoms with Crippen LogP contribution in [-0.2, 0) is 32.0 Å². The Morgan fingerprint density at radius 2 is 0.945 bits per heavy atom. The van der Waals surface area contributed by atoms with Crippen LogP contribution in [0.3, 0.4) is 0 Å². The topological polar surface area (TPSA) is 312 Å². The highest BCUT2D eigenvalue weighted by Crippen LogP contribution is 2.23. The summed E-state index contributed by atoms with van der Waals surface area (Å²) >= 11 is 0. The van der Waals surface area contributed by atoms with E-state index in [9.17, 15) is 51.1 Å². The first-order chi connectivity index (χ1) is 26.4. The number of benzene rings is 2. The van der Waals surface area contributed by atoms with Crippen LogP contribution in [0.4, 0.5) is 0 Å². The van der Waals surface area contributed by atoms with Crippen LogP contribution in [0.25, 0.3) is 0 Å². The number of hydrogen-bond donors (Lipinski definition) is 14. The molecule has 0 unspecified atom stereocenters. The zero-order valence-corrected chi connectivity index (χ0v) is 30.0. The van der Waals surface area contributed by atoms with E-state index in [0.717, 1.165) is 11.1 Å². The molecule has 0 radical (unpaired) electrons. The molecule has 3 aliphatic heterocycles. The number of hydrogen-bond acceptors (Lipinski definition) is 16. The number of ether oxygens (including phenoxy) is 4. The first kappa shape index (κ1) is 42.6. The maximum absolute atomic E-state index is 11.0. The van der Waals surface area contributed by atoms with Gasteiger partial charge in [0.25, 0.3) is 0 Å². The number of nitrogens with one attached hydrogen (secondary N) is 4. The van der Waals surface area contributed by atoms with Gasteiger partial charge in [-0.25, -0.2) is 9.98 Å². The quantitative estimate of drug-likeness (QED) is 0.0706. The summed E-state index contributed by atoms with van der Waals surface area (Å²) in [6.07, 6.45) is -22.0. The Hall–Kier alpha value is -3.58. The molecular formula is C35H52N6O14. The van der Waals surface area contributed by atoms with E-state index in [1.165, 1.54) is 7.11 Å². The summed E-state index contributed by atoms with van der Waals surface area (Å²) < 4.78 is 22.3. The largest absolute Gasteiger partial charge is 0.394 e. The Balaban J connectivity index is 1.31. The first-order valence-corrected chi connectivity index (χ1v) is 17.8. The molecule has 20 heteroatoms. The van der Waals surface area contributed by atoms with Crippen LogP contribution in [0.5, 0.6) is 0 Å². The lowest BCUT2D eigenvalue weighted by atomic mass is 9.97. The Labute approximate surface area is 316 Å². The molecule has 0 aromatic heterocycles. The number of aliphatic hydroxyl groups is 10. The number of guanidine groups is 2. The molecule has 3 aliphatic rings. The second-order valence-corrected chi connectivity index (χ2v) is 13.4. The van der Waals surface area contributed by atoms with Crippen molar-refractivity contribution in [2.24, 2.45) is 9.98 Å². The highest BCUT2D eigenvalue weighted by molar-refractivity contribution is 5.80. The summed E-state index contributed by atoms with van der Waals surface area (Å²) in [5, 5.41) is 116. The van der Waals surface area contributed by atoms with Gasteiger partial charge in [-0.15, -0.1) is 0 Å². The summed E-state index contributed by atoms with van der Waals surface area (Å²) in [6.45, 7) is -0.805. The Bertz CT molecular complexity index is 1510. The molecule has 20 nitrogen and oxygen atoms in total. The molecule has 0 saturated carbocycles. The fourth-order valence-electron chi connectivity index (χ4n) is 6.22. The van der Waals surface area contributed by atoms with Crippen LogP contribution < -0.4 is 21.3 Å². The zero-order valence-electron chi connectivity index (χ0n) is 30.0. The molecule has 2 aromatic rings. The number of methoxy groups -OCH3 is 1. The third kappa shape index (κ3) is 10.8. The van der Waals surface area contributed by atoms with Crippen molar-refractivity contribution in [1.82, 2.24) is 21.3 Å². The van der Waals surface area contributed by atoms with E-state index >= 15 is 0 Å². The fourth-order valence-corrected chi connectivity index (χ4v) is 6.22. The normalized spacial score (nSPS) is 37.3. The van der Waals surface area contributed by atoms with Crippen molar-refractivity contribution < 1.29 is 70.0 Å². The van der Waals surface area contributed by atoms with Crippen molar-refractivity contribution in [2.75, 3.05) is 26.8 Å². The van der Waals surface area contributed by atoms with Crippen molar-refractivity contribution in [3.8, 4) is 0 Å². The van der Waals surface area contributed by atoms with Gasteiger partial charge in [-0.1, -0.05) is 60.7 Å². The third-order valence-corrected chi connectivity index (χ3v) is 9.53. The van der Waals surface area contributed by atoms with Crippen LogP contribution in [-0.4, -0.2) is 182 Å². The number of aliphatic hydroxyl groups excluding tert-OH is 10. The van der Waals surface area contributed by atoms with Gasteiger partial charge in [0.1, 0.15) is 73.2 Å². The molecule has 14 N–H and O–H groups in total. The van der Waals surface area contributed by atoms with Crippen molar-refractivity contribution in [1.29, 1.82) is 0 Å². The lowest BCUT2D eigenvalue weighted by Crippen LogP contribution is -2.67. The van der Waals surface area contributed by atoms with Crippen LogP contribution in [0, 0.1) is 0 Å². The molecule has 0 aliphatic carbocycles. The monoisotopic (exact) mass is 780 g/mol. The molecule has 3 heterocycles. The molecule has 0 spiro atoms. The molecule has 3 fully saturated rings. The van der Waals surface area contributed by atoms with Crippen molar-refractivity contribution in [3.63, 3.8) is 0 Å². The SMILES string of the molecule is CO[C@H]1O[C@H](CNC(=NCc2ccccc2)N[C@@H]2O[C@H](CNC(=NCc3ccccc3)N[C@@H]3O[C@H](CO)[C@@H](O)[C@H](O)[C@H]3O)[C@@H](O)[C@H](O)[C@H]2O)[C@@H](O)[C@H](O)[C@H]1O. The first-order valence-electron chi connectivity index (χ1n) is 17.8. The molecule has 2 aromatic carbocycles. The number of nitrogens with zero attached hydrogens (tertiary/aromatic N) is 2. The minimum atomic E-state index is -1.72. The van der Waals surface area contributed by atoms with Crippen LogP contribution >= 0.6 is 0 Å². The summed E-state index contributed by atoms with van der Waals surface area (Å²) in [5.41, 5.74) is 1.62. The van der Waals surface area contributed by atoms with Crippen molar-refractivity contribution >= 4 is 11.9 Å². The third-order valence-electron chi connectivity index (χ3n) is 9.53. The van der Waals surface area contributed by atoms with Gasteiger partial charge in [-0.3, -0.25) is 0 Å². The lowest BCUT2D eigenvalue weighted by Gasteiger charge is -2.42. The number of rotatable bonds is 12. The smallest absolute Gasteiger partial charge is 0.193 e. The molecular weight excluding hydrogens is 728 g/mol. The molecule has 55 heavy (non-hydrogen) atoms. The van der Waals surface area contributed by atoms with Crippen molar-refractivity contribution in [3.05, 3.63) is 71.8 Å². The van der Waals surface area contributed by atoms with E-state index in [-0.39, 0.29) is 38.1 Å². The van der Waals surface area contributed by atoms with Gasteiger partial charge in [0, 0.05) is 20.2 Å². The Morgan fingerprint density at radius 1 is 0.545 bits per heavy atom. The Kier molecular flexibility index (Phi) is 15.5. The summed E-state index contributed by atoms with van der Waals surface area (Å²) in [5.74, 6) is 0.0107. The van der Waals surface area contributed by atoms with E-state index in [1.54, 1.807) is 0 Å². The fraction of sp³-hybridized carbons (Fsp3) is 0.600. The zero-order chi connectivity index (χ0) is 39.6. The highest BCUT2D eigenvalue weighted by atomic mass is 16.7. The molecule has 3 saturated heterocycles. The second-order valence-electron chi connectivity index (χ2n) is 13.4. The molecule has 5 rings (SSSR count). The van der Waals surface area contributed by atoms with Gasteiger partial charge in [-0.2, -0.15) is 0 Å². The van der Waals surface area contributed by atoms with Gasteiger partial charge < -0.3 is 91.3 Å². The van der Waals surface area contributed by atoms with E-state index in [0.29, 0.717) is 0 Å². The van der Waals surface area contributed by atoms with Crippen LogP contribution in [0.2, 0.25) is 0 Å². The average Bonchev–Trinajstić information content (AvgIpc) is 3.20. The van der Waals surface area contributed by atoms with Gasteiger partial charge in [0.2, 0.25) is 0 Å². The van der Waals surface area contributed by atoms with E-state index < -0.39 is 98.6 Å². The molecule has 15 atom stereocenters. The van der Waals surface area contributed by atoms with E-state index in [1.807, 2.05) is 60.7 Å². The summed E-state index contributed by atoms with van der Waals surface area (Å²) in [4.78, 5) is 9.04. The maximum Gasteiger partial charge on any atom is 0.193 e. The van der Waals surface area contributed by atoms with Gasteiger partial charge in [0.15, 0.2) is 30.7 Å². The second kappa shape index (κ2) is 20.0. The molecule has 306 valence electrons. The average molecular weight is 781 g/mol. The van der Waals surface area contributed by atoms with Gasteiger partial charge in [-0.05, 0) is 11.1 Å². The predicted molar refractivity (Wildman–Crippen MR) is 192 cm³/mol. The standard InChI is InChI=1S/C35H52N6O14/c1-52-33-30(51)27(48)23(44)20(55-33)15-39-35(37-13-18-10-6-3-7-11-18)40-31-28(49)25(46)22(43)19(53-31)14-38-34(36-12-17-8-4-2-5-9-17)41-32-29(50)26(47)24(45)21(16-42)54-32/h2-11,19-33,42-51H,12-16H2,1H3,(H2,36,38,41)(H2,37,39,40)/t19-,20-,21-,22-,23-,24-,25+,26+,27+,28-,29-,30-,31-,32-,33+/m1/s1. The summed E-state index contributed by atoms with van der Waals surface area (Å²) in [7, 11) is 1.27. The number of aliphatic imine (C=N–C) groups is 2. The van der Waals surface area contributed by atoms with Crippen LogP contribution in [0.1, 0.15) is 11.1 Å². The maximum atomic E-state index is 11.0. The van der Waals surface area contributed by atoms with Gasteiger partial charge in [0.05, 0.1) is 19.7 Å². The lowest BCUT2D eigenvalue weighted by molar-refractivity contribution is -0.288. The minimum absolute atomic E-state index is 0.00593.